The van der Waals surface area contributed by atoms with Crippen molar-refractivity contribution >= 4 is 18.1 Å². The van der Waals surface area contributed by atoms with E-state index in [-0.39, 0.29) is 54.4 Å². The summed E-state index contributed by atoms with van der Waals surface area (Å²) in [5.74, 6) is 0.0662. The van der Waals surface area contributed by atoms with E-state index in [1.807, 2.05) is 25.1 Å². The first kappa shape index (κ1) is 31.7. The lowest BCUT2D eigenvalue weighted by atomic mass is 9.79. The van der Waals surface area contributed by atoms with Crippen molar-refractivity contribution in [3.63, 3.8) is 0 Å². The van der Waals surface area contributed by atoms with Crippen LogP contribution >= 0.6 is 0 Å². The Balaban J connectivity index is 1.28. The molecule has 9 atom stereocenters. The van der Waals surface area contributed by atoms with Crippen molar-refractivity contribution < 1.29 is 32.9 Å². The highest BCUT2D eigenvalue weighted by Gasteiger charge is 2.43. The molecule has 0 spiro atoms. The van der Waals surface area contributed by atoms with Crippen LogP contribution in [-0.2, 0) is 28.5 Å². The van der Waals surface area contributed by atoms with Crippen LogP contribution in [0.4, 0.5) is 0 Å². The van der Waals surface area contributed by atoms with Crippen LogP contribution in [0, 0.1) is 11.8 Å². The molecule has 1 aromatic heterocycles. The van der Waals surface area contributed by atoms with Crippen molar-refractivity contribution in [3.05, 3.63) is 89.7 Å². The summed E-state index contributed by atoms with van der Waals surface area (Å²) in [7, 11) is 0. The highest BCUT2D eigenvalue weighted by molar-refractivity contribution is 5.82. The van der Waals surface area contributed by atoms with Crippen molar-refractivity contribution in [2.24, 2.45) is 11.8 Å². The Morgan fingerprint density at radius 3 is 2.69 bits per heavy atom. The summed E-state index contributed by atoms with van der Waals surface area (Å²) in [6, 6.07) is 8.29. The van der Waals surface area contributed by atoms with Gasteiger partial charge in [0.05, 0.1) is 43.3 Å². The maximum absolute atomic E-state index is 13.2. The molecule has 6 rings (SSSR count). The third-order valence-electron chi connectivity index (χ3n) is 9.41. The average Bonchev–Trinajstić information content (AvgIpc) is 3.53. The van der Waals surface area contributed by atoms with Crippen molar-refractivity contribution in [3.8, 4) is 0 Å². The van der Waals surface area contributed by atoms with Crippen LogP contribution < -0.4 is 0 Å². The number of hydrogen-bond donors (Lipinski definition) is 0. The predicted octanol–water partition coefficient (Wildman–Crippen LogP) is 7.39. The van der Waals surface area contributed by atoms with Crippen molar-refractivity contribution in [2.45, 2.75) is 102 Å². The molecule has 1 aromatic carbocycles. The zero-order valence-electron chi connectivity index (χ0n) is 26.5. The standard InChI is InChI=1S/C37H45NO7/c1-23-18-29-11-7-13-34(39)45-36-25(3)32(44-35(26(36)4)24(2)20-33-38-15-17-40-33)12-6-9-27-8-5-10-28(21-27)37-41-16-14-30(43-37)22-31(19-23)42-29/h5-10,13,15,17,20-21,25-26,29-32,35-37H,1,11-12,14,16,18-19,22H2,2-4H3/b9-6-,13-7-,24-20+/t25-,26-,29-,30-,31+,32+,35-,36-,37-/m0/s1. The van der Waals surface area contributed by atoms with Crippen LogP contribution in [0.2, 0.25) is 0 Å². The van der Waals surface area contributed by atoms with Gasteiger partial charge >= 0.3 is 5.97 Å². The molecule has 8 heteroatoms. The Kier molecular flexibility index (Phi) is 10.1. The number of esters is 1. The van der Waals surface area contributed by atoms with Crippen LogP contribution in [0.25, 0.3) is 12.2 Å². The predicted molar refractivity (Wildman–Crippen MR) is 171 cm³/mol. The zero-order chi connectivity index (χ0) is 31.3. The second-order valence-electron chi connectivity index (χ2n) is 12.9. The topological polar surface area (TPSA) is 89.3 Å². The van der Waals surface area contributed by atoms with Crippen LogP contribution in [0.1, 0.15) is 82.6 Å². The van der Waals surface area contributed by atoms with E-state index in [1.165, 1.54) is 5.57 Å². The fourth-order valence-corrected chi connectivity index (χ4v) is 7.13. The van der Waals surface area contributed by atoms with E-state index in [1.54, 1.807) is 18.5 Å². The number of fused-ring (bicyclic) bond motifs is 9. The number of hydrogen-bond acceptors (Lipinski definition) is 8. The number of nitrogens with zero attached hydrogens (tertiary/aromatic N) is 1. The molecule has 0 saturated carbocycles. The highest BCUT2D eigenvalue weighted by Crippen LogP contribution is 2.38. The van der Waals surface area contributed by atoms with Gasteiger partial charge in [0.1, 0.15) is 12.4 Å². The van der Waals surface area contributed by atoms with Gasteiger partial charge in [-0.15, -0.1) is 0 Å². The van der Waals surface area contributed by atoms with Crippen LogP contribution in [0.3, 0.4) is 0 Å². The van der Waals surface area contributed by atoms with Gasteiger partial charge in [-0.2, -0.15) is 0 Å². The molecule has 45 heavy (non-hydrogen) atoms. The summed E-state index contributed by atoms with van der Waals surface area (Å²) < 4.78 is 37.3. The third-order valence-corrected chi connectivity index (χ3v) is 9.41. The Hall–Kier alpha value is -3.30. The Morgan fingerprint density at radius 1 is 1.00 bits per heavy atom. The maximum atomic E-state index is 13.2. The molecule has 4 aliphatic heterocycles. The zero-order valence-corrected chi connectivity index (χ0v) is 26.5. The highest BCUT2D eigenvalue weighted by atomic mass is 16.7. The molecule has 3 saturated heterocycles. The number of rotatable bonds is 2. The van der Waals surface area contributed by atoms with E-state index in [9.17, 15) is 4.79 Å². The van der Waals surface area contributed by atoms with E-state index in [2.05, 4.69) is 55.8 Å². The number of carbonyl (C=O) groups excluding carboxylic acids is 1. The van der Waals surface area contributed by atoms with Gasteiger partial charge < -0.3 is 28.1 Å². The van der Waals surface area contributed by atoms with Gasteiger partial charge in [-0.3, -0.25) is 0 Å². The molecular weight excluding hydrogens is 570 g/mol. The smallest absolute Gasteiger partial charge is 0.330 e. The maximum Gasteiger partial charge on any atom is 0.330 e. The molecule has 8 bridgehead atoms. The summed E-state index contributed by atoms with van der Waals surface area (Å²) >= 11 is 0. The lowest BCUT2D eigenvalue weighted by Gasteiger charge is -2.44. The number of carbonyl (C=O) groups is 1. The summed E-state index contributed by atoms with van der Waals surface area (Å²) in [5, 5.41) is 0. The first-order valence-electron chi connectivity index (χ1n) is 16.3. The van der Waals surface area contributed by atoms with Crippen LogP contribution in [0.15, 0.2) is 77.1 Å². The van der Waals surface area contributed by atoms with Crippen molar-refractivity contribution in [2.75, 3.05) is 6.61 Å². The van der Waals surface area contributed by atoms with Gasteiger partial charge in [0.15, 0.2) is 6.29 Å². The molecule has 3 fully saturated rings. The molecule has 240 valence electrons. The van der Waals surface area contributed by atoms with E-state index in [4.69, 9.17) is 28.1 Å². The fraction of sp³-hybridized carbons (Fsp3) is 0.514. The third kappa shape index (κ3) is 7.93. The molecule has 0 radical (unpaired) electrons. The molecule has 0 aliphatic carbocycles. The average molecular weight is 616 g/mol. The quantitative estimate of drug-likeness (QED) is 0.255. The summed E-state index contributed by atoms with van der Waals surface area (Å²) in [6.07, 6.45) is 16.0. The molecule has 0 N–H and O–H groups in total. The monoisotopic (exact) mass is 615 g/mol. The molecule has 8 nitrogen and oxygen atoms in total. The molecule has 0 amide bonds. The van der Waals surface area contributed by atoms with Gasteiger partial charge in [0.2, 0.25) is 5.89 Å². The van der Waals surface area contributed by atoms with Gasteiger partial charge in [-0.25, -0.2) is 9.78 Å². The van der Waals surface area contributed by atoms with Crippen molar-refractivity contribution in [1.82, 2.24) is 4.98 Å². The lowest BCUT2D eigenvalue weighted by Crippen LogP contribution is -2.50. The van der Waals surface area contributed by atoms with E-state index < -0.39 is 6.29 Å². The van der Waals surface area contributed by atoms with Gasteiger partial charge in [0.25, 0.3) is 0 Å². The van der Waals surface area contributed by atoms with Crippen molar-refractivity contribution in [1.29, 1.82) is 0 Å². The molecule has 4 aliphatic rings. The van der Waals surface area contributed by atoms with Gasteiger partial charge in [-0.05, 0) is 56.2 Å². The minimum absolute atomic E-state index is 0.0224. The SMILES string of the molecule is C=C1C[C@@H]2C[C@@H]3CCO[C@@H](O3)c3cccc(c3)/C=C\C[C@H]3O[C@@H](/C(C)=C/c4ncco4)[C@H](C)[C@@H](OC(=O)/C=C\C[C@@H](C1)O2)[C@H]3C. The minimum atomic E-state index is -0.414. The van der Waals surface area contributed by atoms with E-state index in [0.29, 0.717) is 25.3 Å². The summed E-state index contributed by atoms with van der Waals surface area (Å²) in [6.45, 7) is 11.1. The summed E-state index contributed by atoms with van der Waals surface area (Å²) in [4.78, 5) is 17.4. The lowest BCUT2D eigenvalue weighted by molar-refractivity contribution is -0.225. The van der Waals surface area contributed by atoms with E-state index >= 15 is 0 Å². The van der Waals surface area contributed by atoms with Crippen LogP contribution in [0.5, 0.6) is 0 Å². The summed E-state index contributed by atoms with van der Waals surface area (Å²) in [5.41, 5.74) is 4.20. The first-order chi connectivity index (χ1) is 21.8. The number of ether oxygens (including phenoxy) is 5. The number of aromatic nitrogens is 1. The number of benzene rings is 1. The fourth-order valence-electron chi connectivity index (χ4n) is 7.13. The normalized spacial score (nSPS) is 36.3. The van der Waals surface area contributed by atoms with E-state index in [0.717, 1.165) is 42.4 Å². The van der Waals surface area contributed by atoms with Gasteiger partial charge in [0, 0.05) is 36.0 Å². The molecule has 5 heterocycles. The van der Waals surface area contributed by atoms with Gasteiger partial charge in [-0.1, -0.05) is 62.4 Å². The second kappa shape index (κ2) is 14.4. The first-order valence-corrected chi connectivity index (χ1v) is 16.3. The Bertz CT molecular complexity index is 1410. The largest absolute Gasteiger partial charge is 0.458 e. The molecular formula is C37H45NO7. The Morgan fingerprint density at radius 2 is 1.84 bits per heavy atom. The minimum Gasteiger partial charge on any atom is -0.458 e. The molecule has 0 unspecified atom stereocenters. The molecule has 2 aromatic rings. The number of oxazole rings is 1. The Labute approximate surface area is 266 Å². The second-order valence-corrected chi connectivity index (χ2v) is 12.9. The van der Waals surface area contributed by atoms with Crippen LogP contribution in [-0.4, -0.2) is 54.2 Å².